The van der Waals surface area contributed by atoms with E-state index < -0.39 is 4.92 Å². The maximum absolute atomic E-state index is 11.2. The van der Waals surface area contributed by atoms with Crippen molar-refractivity contribution in [2.45, 2.75) is 13.0 Å². The topological polar surface area (TPSA) is 55.2 Å². The summed E-state index contributed by atoms with van der Waals surface area (Å²) in [6, 6.07) is 7.92. The van der Waals surface area contributed by atoms with Gasteiger partial charge in [0.2, 0.25) is 0 Å². The van der Waals surface area contributed by atoms with Crippen LogP contribution in [-0.4, -0.2) is 4.92 Å². The number of hydrogen-bond acceptors (Lipinski definition) is 3. The van der Waals surface area contributed by atoms with E-state index in [1.807, 2.05) is 6.92 Å². The summed E-state index contributed by atoms with van der Waals surface area (Å²) in [5, 5.41) is 15.3. The first kappa shape index (κ1) is 17.3. The van der Waals surface area contributed by atoms with Gasteiger partial charge in [0.1, 0.15) is 10.7 Å². The molecule has 0 fully saturated rings. The lowest BCUT2D eigenvalue weighted by atomic mass is 10.1. The van der Waals surface area contributed by atoms with Crippen molar-refractivity contribution >= 4 is 62.1 Å². The van der Waals surface area contributed by atoms with Gasteiger partial charge in [0.25, 0.3) is 0 Å². The van der Waals surface area contributed by atoms with Gasteiger partial charge in [-0.05, 0) is 36.8 Å². The molecule has 2 aromatic rings. The van der Waals surface area contributed by atoms with Gasteiger partial charge in [0.15, 0.2) is 0 Å². The standard InChI is InChI=1S/C14H10BrCl3N2O2/c1-7(10-3-2-9(16)6-11(10)17)19-13-5-8(15)4-12(18)14(13)20(21)22/h2-7,19H,1H3/t7-/m1/s1. The van der Waals surface area contributed by atoms with Crippen LogP contribution < -0.4 is 5.32 Å². The van der Waals surface area contributed by atoms with Crippen LogP contribution in [0.1, 0.15) is 18.5 Å². The largest absolute Gasteiger partial charge is 0.373 e. The third-order valence-corrected chi connectivity index (χ3v) is 4.32. The molecule has 0 heterocycles. The Hall–Kier alpha value is -1.01. The van der Waals surface area contributed by atoms with Gasteiger partial charge in [-0.15, -0.1) is 0 Å². The Bertz CT molecular complexity index is 740. The summed E-state index contributed by atoms with van der Waals surface area (Å²) in [6.07, 6.45) is 0. The minimum atomic E-state index is -0.521. The maximum Gasteiger partial charge on any atom is 0.310 e. The van der Waals surface area contributed by atoms with Crippen molar-refractivity contribution in [3.63, 3.8) is 0 Å². The molecular weight excluding hydrogens is 414 g/mol. The highest BCUT2D eigenvalue weighted by molar-refractivity contribution is 9.10. The lowest BCUT2D eigenvalue weighted by Crippen LogP contribution is -2.09. The molecule has 0 bridgehead atoms. The van der Waals surface area contributed by atoms with Gasteiger partial charge in [0.05, 0.1) is 11.0 Å². The highest BCUT2D eigenvalue weighted by Crippen LogP contribution is 2.38. The van der Waals surface area contributed by atoms with Gasteiger partial charge in [-0.3, -0.25) is 10.1 Å². The fourth-order valence-corrected chi connectivity index (χ4v) is 3.48. The Kier molecular flexibility index (Phi) is 5.55. The summed E-state index contributed by atoms with van der Waals surface area (Å²) >= 11 is 21.3. The van der Waals surface area contributed by atoms with Crippen LogP contribution in [0.15, 0.2) is 34.8 Å². The zero-order chi connectivity index (χ0) is 16.4. The number of hydrogen-bond donors (Lipinski definition) is 1. The van der Waals surface area contributed by atoms with Crippen LogP contribution in [0.3, 0.4) is 0 Å². The van der Waals surface area contributed by atoms with Gasteiger partial charge in [-0.25, -0.2) is 0 Å². The molecular formula is C14H10BrCl3N2O2. The number of rotatable bonds is 4. The molecule has 1 atom stereocenters. The fraction of sp³-hybridized carbons (Fsp3) is 0.143. The van der Waals surface area contributed by atoms with Crippen LogP contribution in [0.2, 0.25) is 15.1 Å². The van der Waals surface area contributed by atoms with Gasteiger partial charge < -0.3 is 5.32 Å². The molecule has 22 heavy (non-hydrogen) atoms. The van der Waals surface area contributed by atoms with Gasteiger partial charge in [-0.2, -0.15) is 0 Å². The van der Waals surface area contributed by atoms with Gasteiger partial charge in [-0.1, -0.05) is 56.8 Å². The van der Waals surface area contributed by atoms with Crippen molar-refractivity contribution in [2.75, 3.05) is 5.32 Å². The molecule has 4 nitrogen and oxygen atoms in total. The van der Waals surface area contributed by atoms with Crippen LogP contribution in [0.25, 0.3) is 0 Å². The molecule has 0 saturated heterocycles. The quantitative estimate of drug-likeness (QED) is 0.451. The molecule has 0 unspecified atom stereocenters. The van der Waals surface area contributed by atoms with Gasteiger partial charge >= 0.3 is 5.69 Å². The van der Waals surface area contributed by atoms with E-state index in [-0.39, 0.29) is 16.8 Å². The predicted molar refractivity (Wildman–Crippen MR) is 94.3 cm³/mol. The van der Waals surface area contributed by atoms with E-state index in [0.717, 1.165) is 5.56 Å². The zero-order valence-electron chi connectivity index (χ0n) is 11.2. The molecule has 8 heteroatoms. The number of halogens is 4. The van der Waals surface area contributed by atoms with Crippen LogP contribution >= 0.6 is 50.7 Å². The second kappa shape index (κ2) is 7.04. The first-order chi connectivity index (χ1) is 10.3. The van der Waals surface area contributed by atoms with Crippen molar-refractivity contribution in [1.29, 1.82) is 0 Å². The summed E-state index contributed by atoms with van der Waals surface area (Å²) in [6.45, 7) is 1.84. The number of nitrogens with zero attached hydrogens (tertiary/aromatic N) is 1. The first-order valence-corrected chi connectivity index (χ1v) is 8.07. The monoisotopic (exact) mass is 422 g/mol. The summed E-state index contributed by atoms with van der Waals surface area (Å²) in [5.41, 5.74) is 0.904. The summed E-state index contributed by atoms with van der Waals surface area (Å²) in [4.78, 5) is 10.7. The molecule has 0 aliphatic rings. The third-order valence-electron chi connectivity index (χ3n) is 3.01. The number of anilines is 1. The summed E-state index contributed by atoms with van der Waals surface area (Å²) < 4.78 is 0.639. The smallest absolute Gasteiger partial charge is 0.310 e. The average molecular weight is 425 g/mol. The summed E-state index contributed by atoms with van der Waals surface area (Å²) in [5.74, 6) is 0. The number of benzene rings is 2. The fourth-order valence-electron chi connectivity index (χ4n) is 2.03. The minimum Gasteiger partial charge on any atom is -0.373 e. The van der Waals surface area contributed by atoms with E-state index in [4.69, 9.17) is 34.8 Å². The second-order valence-corrected chi connectivity index (χ2v) is 6.74. The highest BCUT2D eigenvalue weighted by atomic mass is 79.9. The molecule has 1 N–H and O–H groups in total. The number of nitro benzene ring substituents is 1. The van der Waals surface area contributed by atoms with E-state index in [9.17, 15) is 10.1 Å². The van der Waals surface area contributed by atoms with Crippen LogP contribution in [-0.2, 0) is 0 Å². The third kappa shape index (κ3) is 3.84. The van der Waals surface area contributed by atoms with Crippen molar-refractivity contribution in [3.05, 3.63) is 65.6 Å². The van der Waals surface area contributed by atoms with E-state index in [1.54, 1.807) is 24.3 Å². The molecule has 2 aromatic carbocycles. The van der Waals surface area contributed by atoms with Crippen molar-refractivity contribution < 1.29 is 4.92 Å². The van der Waals surface area contributed by atoms with E-state index in [1.165, 1.54) is 6.07 Å². The number of nitro groups is 1. The van der Waals surface area contributed by atoms with Gasteiger partial charge in [0, 0.05) is 14.5 Å². The van der Waals surface area contributed by atoms with Crippen molar-refractivity contribution in [3.8, 4) is 0 Å². The second-order valence-electron chi connectivity index (χ2n) is 4.57. The highest BCUT2D eigenvalue weighted by Gasteiger charge is 2.22. The molecule has 0 aliphatic carbocycles. The number of nitrogens with one attached hydrogen (secondary N) is 1. The van der Waals surface area contributed by atoms with Crippen LogP contribution in [0.5, 0.6) is 0 Å². The molecule has 0 amide bonds. The Morgan fingerprint density at radius 2 is 1.86 bits per heavy atom. The van der Waals surface area contributed by atoms with Crippen molar-refractivity contribution in [1.82, 2.24) is 0 Å². The minimum absolute atomic E-state index is 0.0521. The molecule has 0 aliphatic heterocycles. The molecule has 0 saturated carbocycles. The normalized spacial score (nSPS) is 12.0. The molecule has 116 valence electrons. The van der Waals surface area contributed by atoms with Crippen molar-refractivity contribution in [2.24, 2.45) is 0 Å². The molecule has 2 rings (SSSR count). The predicted octanol–water partition coefficient (Wildman–Crippen LogP) is 6.49. The zero-order valence-corrected chi connectivity index (χ0v) is 15.1. The first-order valence-electron chi connectivity index (χ1n) is 6.14. The van der Waals surface area contributed by atoms with E-state index in [2.05, 4.69) is 21.2 Å². The Balaban J connectivity index is 2.39. The Labute approximate surface area is 150 Å². The summed E-state index contributed by atoms with van der Waals surface area (Å²) in [7, 11) is 0. The SMILES string of the molecule is C[C@@H](Nc1cc(Br)cc(Cl)c1[N+](=O)[O-])c1ccc(Cl)cc1Cl. The lowest BCUT2D eigenvalue weighted by Gasteiger charge is -2.18. The average Bonchev–Trinajstić information content (AvgIpc) is 2.36. The van der Waals surface area contributed by atoms with Crippen LogP contribution in [0, 0.1) is 10.1 Å². The van der Waals surface area contributed by atoms with Crippen LogP contribution in [0.4, 0.5) is 11.4 Å². The Morgan fingerprint density at radius 1 is 1.18 bits per heavy atom. The molecule has 0 aromatic heterocycles. The lowest BCUT2D eigenvalue weighted by molar-refractivity contribution is -0.383. The van der Waals surface area contributed by atoms with E-state index >= 15 is 0 Å². The molecule has 0 spiro atoms. The Morgan fingerprint density at radius 3 is 2.45 bits per heavy atom. The van der Waals surface area contributed by atoms with E-state index in [0.29, 0.717) is 20.2 Å². The maximum atomic E-state index is 11.2. The molecule has 0 radical (unpaired) electrons.